The first kappa shape index (κ1) is 11.3. The lowest BCUT2D eigenvalue weighted by molar-refractivity contribution is 0.0615. The van der Waals surface area contributed by atoms with Crippen LogP contribution in [0.1, 0.15) is 31.9 Å². The number of benzene rings is 1. The second-order valence-electron chi connectivity index (χ2n) is 3.94. The Balaban J connectivity index is 2.69. The van der Waals surface area contributed by atoms with E-state index in [4.69, 9.17) is 11.6 Å². The molecule has 1 aromatic carbocycles. The zero-order valence-corrected chi connectivity index (χ0v) is 9.67. The molecule has 0 aliphatic rings. The SMILES string of the molecule is CC(C)c1ccc2c(Cl)nn(C(F)F)c2c1. The van der Waals surface area contributed by atoms with Gasteiger partial charge in [0.1, 0.15) is 0 Å². The van der Waals surface area contributed by atoms with E-state index in [0.29, 0.717) is 15.6 Å². The molecule has 0 saturated carbocycles. The van der Waals surface area contributed by atoms with E-state index in [-0.39, 0.29) is 11.1 Å². The third-order valence-corrected chi connectivity index (χ3v) is 2.82. The van der Waals surface area contributed by atoms with Crippen LogP contribution in [-0.2, 0) is 0 Å². The number of fused-ring (bicyclic) bond motifs is 1. The molecule has 1 aromatic heterocycles. The maximum Gasteiger partial charge on any atom is 0.333 e. The standard InChI is InChI=1S/C11H11ClF2N2/c1-6(2)7-3-4-8-9(5-7)16(11(13)14)15-10(8)12/h3-6,11H,1-2H3. The number of alkyl halides is 2. The molecule has 0 aliphatic carbocycles. The molecule has 86 valence electrons. The number of nitrogens with zero attached hydrogens (tertiary/aromatic N) is 2. The minimum atomic E-state index is -2.67. The molecule has 2 rings (SSSR count). The maximum atomic E-state index is 12.7. The molecule has 0 atom stereocenters. The van der Waals surface area contributed by atoms with E-state index in [1.165, 1.54) is 0 Å². The van der Waals surface area contributed by atoms with Crippen molar-refractivity contribution in [2.75, 3.05) is 0 Å². The highest BCUT2D eigenvalue weighted by Crippen LogP contribution is 2.29. The summed E-state index contributed by atoms with van der Waals surface area (Å²) in [6.45, 7) is 1.34. The predicted octanol–water partition coefficient (Wildman–Crippen LogP) is 4.21. The maximum absolute atomic E-state index is 12.7. The molecule has 2 nitrogen and oxygen atoms in total. The minimum Gasteiger partial charge on any atom is -0.202 e. The minimum absolute atomic E-state index is 0.116. The third-order valence-electron chi connectivity index (χ3n) is 2.54. The monoisotopic (exact) mass is 244 g/mol. The highest BCUT2D eigenvalue weighted by molar-refractivity contribution is 6.34. The second kappa shape index (κ2) is 4.01. The van der Waals surface area contributed by atoms with Crippen molar-refractivity contribution in [3.63, 3.8) is 0 Å². The number of rotatable bonds is 2. The van der Waals surface area contributed by atoms with Gasteiger partial charge in [-0.25, -0.2) is 4.68 Å². The Kier molecular flexibility index (Phi) is 2.84. The molecular formula is C11H11ClF2N2. The van der Waals surface area contributed by atoms with Crippen molar-refractivity contribution >= 4 is 22.5 Å². The van der Waals surface area contributed by atoms with Crippen LogP contribution in [0.2, 0.25) is 5.15 Å². The molecule has 1 heterocycles. The zero-order valence-electron chi connectivity index (χ0n) is 8.92. The lowest BCUT2D eigenvalue weighted by atomic mass is 10.0. The third kappa shape index (κ3) is 1.78. The van der Waals surface area contributed by atoms with Crippen LogP contribution in [0.3, 0.4) is 0 Å². The van der Waals surface area contributed by atoms with E-state index < -0.39 is 6.55 Å². The summed E-state index contributed by atoms with van der Waals surface area (Å²) in [7, 11) is 0. The van der Waals surface area contributed by atoms with Crippen LogP contribution in [0.4, 0.5) is 8.78 Å². The van der Waals surface area contributed by atoms with Gasteiger partial charge in [0.25, 0.3) is 0 Å². The molecule has 5 heteroatoms. The second-order valence-corrected chi connectivity index (χ2v) is 4.30. The molecule has 0 spiro atoms. The first-order valence-corrected chi connectivity index (χ1v) is 5.34. The van der Waals surface area contributed by atoms with Gasteiger partial charge in [-0.2, -0.15) is 13.9 Å². The summed E-state index contributed by atoms with van der Waals surface area (Å²) < 4.78 is 26.0. The van der Waals surface area contributed by atoms with Gasteiger partial charge < -0.3 is 0 Å². The summed E-state index contributed by atoms with van der Waals surface area (Å²) in [5, 5.41) is 4.30. The normalized spacial score (nSPS) is 11.9. The van der Waals surface area contributed by atoms with E-state index in [2.05, 4.69) is 5.10 Å². The van der Waals surface area contributed by atoms with Gasteiger partial charge >= 0.3 is 6.55 Å². The summed E-state index contributed by atoms with van der Waals surface area (Å²) in [5.74, 6) is 0.282. The van der Waals surface area contributed by atoms with Crippen molar-refractivity contribution in [3.05, 3.63) is 28.9 Å². The molecule has 2 aromatic rings. The van der Waals surface area contributed by atoms with E-state index in [1.54, 1.807) is 12.1 Å². The molecular weight excluding hydrogens is 234 g/mol. The van der Waals surface area contributed by atoms with Gasteiger partial charge in [0, 0.05) is 5.39 Å². The van der Waals surface area contributed by atoms with Crippen molar-refractivity contribution in [1.82, 2.24) is 9.78 Å². The van der Waals surface area contributed by atoms with Crippen LogP contribution < -0.4 is 0 Å². The molecule has 0 saturated heterocycles. The van der Waals surface area contributed by atoms with E-state index in [0.717, 1.165) is 5.56 Å². The molecule has 0 bridgehead atoms. The summed E-state index contributed by atoms with van der Waals surface area (Å²) in [6, 6.07) is 5.33. The van der Waals surface area contributed by atoms with E-state index >= 15 is 0 Å². The van der Waals surface area contributed by atoms with Crippen LogP contribution in [0.25, 0.3) is 10.9 Å². The lowest BCUT2D eigenvalue weighted by Crippen LogP contribution is -2.00. The highest BCUT2D eigenvalue weighted by atomic mass is 35.5. The Bertz CT molecular complexity index is 520. The molecule has 16 heavy (non-hydrogen) atoms. The number of hydrogen-bond donors (Lipinski definition) is 0. The number of aromatic nitrogens is 2. The van der Waals surface area contributed by atoms with Gasteiger partial charge in [0.15, 0.2) is 5.15 Å². The van der Waals surface area contributed by atoms with Crippen molar-refractivity contribution < 1.29 is 8.78 Å². The molecule has 0 unspecified atom stereocenters. The van der Waals surface area contributed by atoms with Gasteiger partial charge in [-0.05, 0) is 23.6 Å². The first-order valence-electron chi connectivity index (χ1n) is 4.96. The van der Waals surface area contributed by atoms with Gasteiger partial charge in [-0.3, -0.25) is 0 Å². The smallest absolute Gasteiger partial charge is 0.202 e. The fourth-order valence-electron chi connectivity index (χ4n) is 1.62. The fraction of sp³-hybridized carbons (Fsp3) is 0.364. The van der Waals surface area contributed by atoms with Crippen molar-refractivity contribution in [2.24, 2.45) is 0 Å². The summed E-state index contributed by atoms with van der Waals surface area (Å²) >= 11 is 5.79. The van der Waals surface area contributed by atoms with Gasteiger partial charge in [0.2, 0.25) is 0 Å². The topological polar surface area (TPSA) is 17.8 Å². The van der Waals surface area contributed by atoms with Gasteiger partial charge in [-0.15, -0.1) is 0 Å². The van der Waals surface area contributed by atoms with Crippen LogP contribution in [0.5, 0.6) is 0 Å². The molecule has 0 aliphatic heterocycles. The Labute approximate surface area is 96.8 Å². The average molecular weight is 245 g/mol. The largest absolute Gasteiger partial charge is 0.333 e. The van der Waals surface area contributed by atoms with Gasteiger partial charge in [0.05, 0.1) is 5.52 Å². The Morgan fingerprint density at radius 1 is 1.31 bits per heavy atom. The van der Waals surface area contributed by atoms with Crippen LogP contribution in [-0.4, -0.2) is 9.78 Å². The molecule has 0 N–H and O–H groups in total. The fourth-order valence-corrected chi connectivity index (χ4v) is 1.86. The predicted molar refractivity (Wildman–Crippen MR) is 60.1 cm³/mol. The molecule has 0 fully saturated rings. The van der Waals surface area contributed by atoms with Crippen molar-refractivity contribution in [1.29, 1.82) is 0 Å². The van der Waals surface area contributed by atoms with E-state index in [1.807, 2.05) is 19.9 Å². The van der Waals surface area contributed by atoms with Crippen molar-refractivity contribution in [3.8, 4) is 0 Å². The highest BCUT2D eigenvalue weighted by Gasteiger charge is 2.16. The summed E-state index contributed by atoms with van der Waals surface area (Å²) in [4.78, 5) is 0. The summed E-state index contributed by atoms with van der Waals surface area (Å²) in [6.07, 6.45) is 0. The molecule has 0 radical (unpaired) electrons. The van der Waals surface area contributed by atoms with Crippen molar-refractivity contribution in [2.45, 2.75) is 26.3 Å². The summed E-state index contributed by atoms with van der Waals surface area (Å²) in [5.41, 5.74) is 1.37. The van der Waals surface area contributed by atoms with Crippen LogP contribution >= 0.6 is 11.6 Å². The molecule has 0 amide bonds. The number of halogens is 3. The van der Waals surface area contributed by atoms with Crippen LogP contribution in [0.15, 0.2) is 18.2 Å². The average Bonchev–Trinajstić information content (AvgIpc) is 2.56. The quantitative estimate of drug-likeness (QED) is 0.774. The Hall–Kier alpha value is -1.16. The van der Waals surface area contributed by atoms with Gasteiger partial charge in [-0.1, -0.05) is 31.5 Å². The zero-order chi connectivity index (χ0) is 11.9. The Morgan fingerprint density at radius 2 is 2.00 bits per heavy atom. The first-order chi connectivity index (χ1) is 7.50. The van der Waals surface area contributed by atoms with Crippen LogP contribution in [0, 0.1) is 0 Å². The Morgan fingerprint density at radius 3 is 2.56 bits per heavy atom. The lowest BCUT2D eigenvalue weighted by Gasteiger charge is -2.06. The van der Waals surface area contributed by atoms with E-state index in [9.17, 15) is 8.78 Å². The number of hydrogen-bond acceptors (Lipinski definition) is 1.